The van der Waals surface area contributed by atoms with Gasteiger partial charge in [0.1, 0.15) is 22.8 Å². The number of methoxy groups -OCH3 is 1. The topological polar surface area (TPSA) is 103 Å². The Hall–Kier alpha value is -4.11. The summed E-state index contributed by atoms with van der Waals surface area (Å²) in [5, 5.41) is 3.52. The van der Waals surface area contributed by atoms with Gasteiger partial charge in [-0.2, -0.15) is 4.98 Å². The van der Waals surface area contributed by atoms with E-state index >= 15 is 0 Å². The number of nitrogens with two attached hydrogens (primary N) is 1. The molecule has 2 fully saturated rings. The number of fused-ring (bicyclic) bond motifs is 2. The van der Waals surface area contributed by atoms with E-state index in [2.05, 4.69) is 27.3 Å². The second-order valence-electron chi connectivity index (χ2n) is 10.5. The van der Waals surface area contributed by atoms with E-state index in [0.717, 1.165) is 54.8 Å². The van der Waals surface area contributed by atoms with Crippen molar-refractivity contribution < 1.29 is 23.1 Å². The molecule has 0 bridgehead atoms. The molecule has 40 heavy (non-hydrogen) atoms. The molecular formula is C31H33FN4O4. The zero-order valence-electron chi connectivity index (χ0n) is 22.7. The molecule has 0 radical (unpaired) electrons. The summed E-state index contributed by atoms with van der Waals surface area (Å²) >= 11 is 0. The van der Waals surface area contributed by atoms with E-state index in [0.29, 0.717) is 47.0 Å². The lowest BCUT2D eigenvalue weighted by Gasteiger charge is -2.25. The molecule has 1 aliphatic heterocycles. The molecule has 1 saturated heterocycles. The van der Waals surface area contributed by atoms with Crippen molar-refractivity contribution in [1.29, 1.82) is 0 Å². The van der Waals surface area contributed by atoms with Crippen molar-refractivity contribution in [2.45, 2.75) is 44.8 Å². The fourth-order valence-corrected chi connectivity index (χ4v) is 6.35. The van der Waals surface area contributed by atoms with Crippen LogP contribution in [-0.4, -0.2) is 48.1 Å². The molecule has 1 aromatic heterocycles. The first-order valence-electron chi connectivity index (χ1n) is 13.7. The quantitative estimate of drug-likeness (QED) is 0.283. The van der Waals surface area contributed by atoms with Crippen LogP contribution in [-0.2, 0) is 6.54 Å². The molecule has 8 nitrogen and oxygen atoms in total. The molecule has 6 rings (SSSR count). The van der Waals surface area contributed by atoms with Gasteiger partial charge >= 0.3 is 0 Å². The maximum atomic E-state index is 13.6. The Morgan fingerprint density at radius 2 is 1.93 bits per heavy atom. The summed E-state index contributed by atoms with van der Waals surface area (Å²) in [7, 11) is 1.65. The monoisotopic (exact) mass is 544 g/mol. The highest BCUT2D eigenvalue weighted by molar-refractivity contribution is 5.96. The number of carbonyl (C=O) groups is 1. The maximum Gasteiger partial charge on any atom is 0.295 e. The third-order valence-corrected chi connectivity index (χ3v) is 8.15. The summed E-state index contributed by atoms with van der Waals surface area (Å²) in [4.78, 5) is 18.6. The van der Waals surface area contributed by atoms with Crippen molar-refractivity contribution in [3.8, 4) is 22.6 Å². The molecule has 1 saturated carbocycles. The van der Waals surface area contributed by atoms with Gasteiger partial charge in [-0.3, -0.25) is 9.69 Å². The summed E-state index contributed by atoms with van der Waals surface area (Å²) in [6.07, 6.45) is 3.18. The predicted molar refractivity (Wildman–Crippen MR) is 151 cm³/mol. The smallest absolute Gasteiger partial charge is 0.295 e. The minimum absolute atomic E-state index is 0.257. The zero-order chi connectivity index (χ0) is 27.8. The number of rotatable bonds is 9. The number of likely N-dealkylation sites (tertiary alicyclic amines) is 1. The zero-order valence-corrected chi connectivity index (χ0v) is 22.7. The summed E-state index contributed by atoms with van der Waals surface area (Å²) in [6, 6.07) is 16.8. The van der Waals surface area contributed by atoms with E-state index in [4.69, 9.17) is 19.6 Å². The van der Waals surface area contributed by atoms with E-state index in [9.17, 15) is 9.18 Å². The highest BCUT2D eigenvalue weighted by atomic mass is 19.1. The number of anilines is 1. The van der Waals surface area contributed by atoms with Gasteiger partial charge in [0.05, 0.1) is 19.3 Å². The first-order chi connectivity index (χ1) is 19.4. The van der Waals surface area contributed by atoms with Crippen LogP contribution < -0.4 is 20.5 Å². The molecule has 3 atom stereocenters. The first kappa shape index (κ1) is 26.1. The minimum atomic E-state index is -0.486. The molecule has 9 heteroatoms. The SMILES string of the molecule is CCOc1cc(CN2CC[C@H]3C(Nc4nc5cc(C(N)=O)ccc5o4)CC[C@H]32)cc(OC)c1-c1ccc(F)cc1. The highest BCUT2D eigenvalue weighted by Crippen LogP contribution is 2.43. The van der Waals surface area contributed by atoms with Crippen LogP contribution >= 0.6 is 0 Å². The lowest BCUT2D eigenvalue weighted by molar-refractivity contribution is 0.100. The van der Waals surface area contributed by atoms with E-state index in [1.165, 1.54) is 12.1 Å². The number of carbonyl (C=O) groups excluding carboxylic acids is 1. The number of hydrogen-bond acceptors (Lipinski definition) is 7. The van der Waals surface area contributed by atoms with Gasteiger partial charge in [-0.25, -0.2) is 4.39 Å². The second kappa shape index (κ2) is 10.8. The number of nitrogens with zero attached hydrogens (tertiary/aromatic N) is 2. The van der Waals surface area contributed by atoms with Crippen LogP contribution in [0.25, 0.3) is 22.2 Å². The van der Waals surface area contributed by atoms with Crippen molar-refractivity contribution in [3.05, 3.63) is 71.5 Å². The number of halogens is 1. The molecule has 3 aromatic carbocycles. The van der Waals surface area contributed by atoms with Gasteiger partial charge in [0.25, 0.3) is 6.01 Å². The molecule has 0 spiro atoms. The number of oxazole rings is 1. The summed E-state index contributed by atoms with van der Waals surface area (Å²) in [5.74, 6) is 1.16. The van der Waals surface area contributed by atoms with Gasteiger partial charge in [0.15, 0.2) is 5.58 Å². The van der Waals surface area contributed by atoms with Crippen LogP contribution in [0.5, 0.6) is 11.5 Å². The van der Waals surface area contributed by atoms with Gasteiger partial charge in [-0.1, -0.05) is 12.1 Å². The third kappa shape index (κ3) is 4.97. The third-order valence-electron chi connectivity index (χ3n) is 8.15. The van der Waals surface area contributed by atoms with Crippen LogP contribution in [0.3, 0.4) is 0 Å². The molecule has 2 heterocycles. The molecule has 1 unspecified atom stereocenters. The number of primary amides is 1. The normalized spacial score (nSPS) is 20.5. The Bertz CT molecular complexity index is 1540. The fourth-order valence-electron chi connectivity index (χ4n) is 6.35. The average molecular weight is 545 g/mol. The van der Waals surface area contributed by atoms with Gasteiger partial charge in [0, 0.05) is 24.2 Å². The number of nitrogens with one attached hydrogen (secondary N) is 1. The summed E-state index contributed by atoms with van der Waals surface area (Å²) < 4.78 is 31.3. The van der Waals surface area contributed by atoms with E-state index in [1.807, 2.05) is 6.92 Å². The molecule has 208 valence electrons. The molecule has 3 N–H and O–H groups in total. The van der Waals surface area contributed by atoms with Crippen molar-refractivity contribution >= 4 is 23.0 Å². The highest BCUT2D eigenvalue weighted by Gasteiger charge is 2.44. The molecule has 1 aliphatic carbocycles. The number of benzene rings is 3. The Morgan fingerprint density at radius 1 is 1.12 bits per heavy atom. The lowest BCUT2D eigenvalue weighted by Crippen LogP contribution is -2.32. The number of aromatic nitrogens is 1. The Morgan fingerprint density at radius 3 is 2.67 bits per heavy atom. The van der Waals surface area contributed by atoms with Gasteiger partial charge in [0.2, 0.25) is 5.91 Å². The van der Waals surface area contributed by atoms with Crippen LogP contribution in [0.15, 0.2) is 59.0 Å². The molecule has 2 aliphatic rings. The van der Waals surface area contributed by atoms with Crippen LogP contribution in [0.1, 0.15) is 42.1 Å². The van der Waals surface area contributed by atoms with Crippen molar-refractivity contribution in [2.24, 2.45) is 11.7 Å². The Balaban J connectivity index is 1.18. The van der Waals surface area contributed by atoms with Gasteiger partial charge < -0.3 is 24.9 Å². The van der Waals surface area contributed by atoms with Crippen LogP contribution in [0.2, 0.25) is 0 Å². The first-order valence-corrected chi connectivity index (χ1v) is 13.7. The second-order valence-corrected chi connectivity index (χ2v) is 10.5. The van der Waals surface area contributed by atoms with Crippen molar-refractivity contribution in [3.63, 3.8) is 0 Å². The summed E-state index contributed by atoms with van der Waals surface area (Å²) in [5.41, 5.74) is 9.86. The van der Waals surface area contributed by atoms with Gasteiger partial charge in [-0.05, 0) is 92.2 Å². The Labute approximate surface area is 232 Å². The predicted octanol–water partition coefficient (Wildman–Crippen LogP) is 5.61. The standard InChI is InChI=1S/C31H33FN4O4/c1-3-39-28-15-18(14-27(38-2)29(28)19-4-7-21(32)8-5-19)17-36-13-12-22-23(9-10-25(22)36)34-31-35-24-16-20(30(33)37)6-11-26(24)40-31/h4-8,11,14-16,22-23,25H,3,9-10,12-13,17H2,1-2H3,(H2,33,37)(H,34,35)/t22-,23?,25+/m0/s1. The number of amides is 1. The van der Waals surface area contributed by atoms with Crippen molar-refractivity contribution in [1.82, 2.24) is 9.88 Å². The number of ether oxygens (including phenoxy) is 2. The van der Waals surface area contributed by atoms with Gasteiger partial charge in [-0.15, -0.1) is 0 Å². The van der Waals surface area contributed by atoms with Crippen LogP contribution in [0, 0.1) is 11.7 Å². The minimum Gasteiger partial charge on any atom is -0.496 e. The van der Waals surface area contributed by atoms with Crippen molar-refractivity contribution in [2.75, 3.05) is 25.6 Å². The molecular weight excluding hydrogens is 511 g/mol. The fraction of sp³-hybridized carbons (Fsp3) is 0.355. The van der Waals surface area contributed by atoms with E-state index < -0.39 is 5.91 Å². The maximum absolute atomic E-state index is 13.6. The number of hydrogen-bond donors (Lipinski definition) is 2. The lowest BCUT2D eigenvalue weighted by atomic mass is 9.99. The molecule has 1 amide bonds. The van der Waals surface area contributed by atoms with Crippen LogP contribution in [0.4, 0.5) is 10.4 Å². The largest absolute Gasteiger partial charge is 0.496 e. The van der Waals surface area contributed by atoms with E-state index in [1.54, 1.807) is 37.4 Å². The summed E-state index contributed by atoms with van der Waals surface area (Å²) in [6.45, 7) is 4.25. The average Bonchev–Trinajstić information content (AvgIpc) is 3.65. The Kier molecular flexibility index (Phi) is 7.06. The van der Waals surface area contributed by atoms with E-state index in [-0.39, 0.29) is 11.9 Å². The molecule has 4 aromatic rings.